The first-order chi connectivity index (χ1) is 13.7. The molecule has 3 heterocycles. The third-order valence-corrected chi connectivity index (χ3v) is 5.79. The minimum atomic E-state index is -2.74. The van der Waals surface area contributed by atoms with Gasteiger partial charge in [0.25, 0.3) is 0 Å². The predicted octanol–water partition coefficient (Wildman–Crippen LogP) is 2.08. The second-order valence-corrected chi connectivity index (χ2v) is 7.83. The van der Waals surface area contributed by atoms with Gasteiger partial charge < -0.3 is 4.98 Å². The molecule has 0 aliphatic heterocycles. The Hall–Kier alpha value is -2.77. The van der Waals surface area contributed by atoms with Crippen molar-refractivity contribution < 1.29 is 8.42 Å². The fourth-order valence-corrected chi connectivity index (χ4v) is 4.34. The average Bonchev–Trinajstić information content (AvgIpc) is 3.44. The molecule has 2 N–H and O–H groups in total. The molecule has 0 bridgehead atoms. The minimum absolute atomic E-state index is 0.0235. The zero-order chi connectivity index (χ0) is 19.5. The summed E-state index contributed by atoms with van der Waals surface area (Å²) < 4.78 is 26.4. The second kappa shape index (κ2) is 8.08. The molecule has 3 aromatic rings. The van der Waals surface area contributed by atoms with Crippen molar-refractivity contribution in [1.29, 1.82) is 5.26 Å². The van der Waals surface area contributed by atoms with Crippen molar-refractivity contribution in [1.82, 2.24) is 29.5 Å². The van der Waals surface area contributed by atoms with Crippen LogP contribution < -0.4 is 4.72 Å². The first kappa shape index (κ1) is 18.6. The number of rotatable bonds is 7. The highest BCUT2D eigenvalue weighted by Gasteiger charge is 2.28. The maximum absolute atomic E-state index is 11.1. The number of H-pyrrole nitrogens is 1. The minimum Gasteiger partial charge on any atom is -0.346 e. The highest BCUT2D eigenvalue weighted by molar-refractivity contribution is 7.70. The summed E-state index contributed by atoms with van der Waals surface area (Å²) in [6.45, 7) is 0.0703. The Labute approximate surface area is 163 Å². The molecule has 1 aliphatic carbocycles. The first-order valence-electron chi connectivity index (χ1n) is 9.28. The van der Waals surface area contributed by atoms with Crippen molar-refractivity contribution in [2.75, 3.05) is 0 Å². The van der Waals surface area contributed by atoms with Crippen molar-refractivity contribution in [3.8, 4) is 17.3 Å². The van der Waals surface area contributed by atoms with Gasteiger partial charge in [-0.05, 0) is 24.8 Å². The van der Waals surface area contributed by atoms with Crippen molar-refractivity contribution in [2.24, 2.45) is 5.92 Å². The summed E-state index contributed by atoms with van der Waals surface area (Å²) in [4.78, 5) is 11.7. The summed E-state index contributed by atoms with van der Waals surface area (Å²) in [5.41, 5.74) is 2.73. The summed E-state index contributed by atoms with van der Waals surface area (Å²) in [5, 5.41) is 14.9. The van der Waals surface area contributed by atoms with Crippen LogP contribution >= 0.6 is 0 Å². The fraction of sp³-hybridized carbons (Fsp3) is 0.444. The van der Waals surface area contributed by atoms with Crippen molar-refractivity contribution >= 4 is 21.9 Å². The Morgan fingerprint density at radius 1 is 1.36 bits per heavy atom. The third-order valence-electron chi connectivity index (χ3n) is 5.38. The smallest absolute Gasteiger partial charge is 0.201 e. The summed E-state index contributed by atoms with van der Waals surface area (Å²) >= 11 is 0. The molecule has 10 heteroatoms. The van der Waals surface area contributed by atoms with Crippen molar-refractivity contribution in [2.45, 2.75) is 44.7 Å². The van der Waals surface area contributed by atoms with E-state index in [1.807, 2.05) is 16.9 Å². The van der Waals surface area contributed by atoms with Gasteiger partial charge in [0.2, 0.25) is 10.9 Å². The van der Waals surface area contributed by atoms with Crippen LogP contribution in [0, 0.1) is 17.2 Å². The molecule has 1 unspecified atom stereocenters. The number of hydrogen-bond acceptors (Lipinski definition) is 6. The van der Waals surface area contributed by atoms with Gasteiger partial charge >= 0.3 is 0 Å². The maximum Gasteiger partial charge on any atom is 0.201 e. The summed E-state index contributed by atoms with van der Waals surface area (Å²) in [7, 11) is -2.74. The molecule has 28 heavy (non-hydrogen) atoms. The lowest BCUT2D eigenvalue weighted by Gasteiger charge is -2.21. The molecule has 4 rings (SSSR count). The molecular formula is C18H21N7O2S. The van der Waals surface area contributed by atoms with Crippen LogP contribution in [0.4, 0.5) is 0 Å². The Bertz CT molecular complexity index is 1080. The molecule has 0 spiro atoms. The lowest BCUT2D eigenvalue weighted by molar-refractivity contribution is 0.313. The zero-order valence-corrected chi connectivity index (χ0v) is 16.1. The van der Waals surface area contributed by atoms with Crippen LogP contribution in [0.2, 0.25) is 0 Å². The number of thiol groups is 1. The van der Waals surface area contributed by atoms with Gasteiger partial charge in [-0.25, -0.2) is 23.1 Å². The van der Waals surface area contributed by atoms with Gasteiger partial charge in [0.1, 0.15) is 12.0 Å². The number of nitrogens with one attached hydrogen (secondary N) is 2. The highest BCUT2D eigenvalue weighted by Crippen LogP contribution is 2.37. The lowest BCUT2D eigenvalue weighted by atomic mass is 9.96. The largest absolute Gasteiger partial charge is 0.346 e. The van der Waals surface area contributed by atoms with Crippen LogP contribution in [0.5, 0.6) is 0 Å². The molecule has 0 saturated heterocycles. The average molecular weight is 399 g/mol. The monoisotopic (exact) mass is 399 g/mol. The van der Waals surface area contributed by atoms with Gasteiger partial charge in [-0.1, -0.05) is 12.8 Å². The lowest BCUT2D eigenvalue weighted by Crippen LogP contribution is -2.18. The number of aromatic nitrogens is 5. The van der Waals surface area contributed by atoms with Crippen LogP contribution in [0.3, 0.4) is 0 Å². The molecule has 0 radical (unpaired) electrons. The van der Waals surface area contributed by atoms with E-state index >= 15 is 0 Å². The topological polar surface area (TPSA) is 129 Å². The molecule has 1 saturated carbocycles. The second-order valence-electron chi connectivity index (χ2n) is 7.00. The maximum atomic E-state index is 11.1. The van der Waals surface area contributed by atoms with Crippen LogP contribution in [0.25, 0.3) is 22.3 Å². The summed E-state index contributed by atoms with van der Waals surface area (Å²) in [6, 6.07) is 4.15. The summed E-state index contributed by atoms with van der Waals surface area (Å²) in [5.74, 6) is 0.405. The SMILES string of the molecule is N#CCC(C1CCCC1)n1cc(-c2ncnc3[nH]ccc23)c(CN[SH](=O)=O)n1. The van der Waals surface area contributed by atoms with Gasteiger partial charge in [0.15, 0.2) is 0 Å². The predicted molar refractivity (Wildman–Crippen MR) is 103 cm³/mol. The van der Waals surface area contributed by atoms with Gasteiger partial charge in [-0.15, -0.1) is 0 Å². The van der Waals surface area contributed by atoms with E-state index in [1.165, 1.54) is 19.2 Å². The molecule has 9 nitrogen and oxygen atoms in total. The van der Waals surface area contributed by atoms with E-state index in [-0.39, 0.29) is 12.6 Å². The summed E-state index contributed by atoms with van der Waals surface area (Å²) in [6.07, 6.45) is 10.0. The molecule has 3 aromatic heterocycles. The molecular weight excluding hydrogens is 378 g/mol. The van der Waals surface area contributed by atoms with Gasteiger partial charge in [-0.2, -0.15) is 10.4 Å². The van der Waals surface area contributed by atoms with Gasteiger partial charge in [0.05, 0.1) is 36.5 Å². The molecule has 146 valence electrons. The fourth-order valence-electron chi connectivity index (χ4n) is 4.07. The van der Waals surface area contributed by atoms with E-state index in [4.69, 9.17) is 0 Å². The molecule has 1 atom stereocenters. The number of fused-ring (bicyclic) bond motifs is 1. The number of aromatic amines is 1. The molecule has 0 aromatic carbocycles. The number of hydrogen-bond donors (Lipinski definition) is 3. The third kappa shape index (κ3) is 3.63. The van der Waals surface area contributed by atoms with Gasteiger partial charge in [-0.3, -0.25) is 4.68 Å². The van der Waals surface area contributed by atoms with E-state index in [0.29, 0.717) is 29.4 Å². The Balaban J connectivity index is 1.80. The molecule has 1 aliphatic rings. The number of nitriles is 1. The Kier molecular flexibility index (Phi) is 5.36. The normalized spacial score (nSPS) is 16.0. The van der Waals surface area contributed by atoms with E-state index in [9.17, 15) is 13.7 Å². The van der Waals surface area contributed by atoms with E-state index in [1.54, 1.807) is 6.20 Å². The van der Waals surface area contributed by atoms with Crippen LogP contribution in [0.1, 0.15) is 43.8 Å². The molecule has 0 amide bonds. The zero-order valence-electron chi connectivity index (χ0n) is 15.2. The van der Waals surface area contributed by atoms with Gasteiger partial charge in [0, 0.05) is 23.3 Å². The van der Waals surface area contributed by atoms with E-state index in [2.05, 4.69) is 30.8 Å². The standard InChI is InChI=1S/C18H21N7O2S/c19-7-5-16(12-3-1-2-4-12)25-10-14(15(24-25)9-23-28(26)27)17-13-6-8-20-18(13)22-11-21-17/h6,8,10-12,16,28H,1-5,9H2,(H,20,21,22)(H,23,26,27). The van der Waals surface area contributed by atoms with E-state index in [0.717, 1.165) is 23.8 Å². The van der Waals surface area contributed by atoms with Crippen molar-refractivity contribution in [3.05, 3.63) is 30.5 Å². The first-order valence-corrected chi connectivity index (χ1v) is 10.5. The highest BCUT2D eigenvalue weighted by atomic mass is 32.2. The van der Waals surface area contributed by atoms with E-state index < -0.39 is 10.9 Å². The van der Waals surface area contributed by atoms with Crippen molar-refractivity contribution in [3.63, 3.8) is 0 Å². The molecule has 1 fully saturated rings. The Morgan fingerprint density at radius 2 is 2.18 bits per heavy atom. The Morgan fingerprint density at radius 3 is 2.93 bits per heavy atom. The quantitative estimate of drug-likeness (QED) is 0.522. The van der Waals surface area contributed by atoms with Crippen LogP contribution in [0.15, 0.2) is 24.8 Å². The van der Waals surface area contributed by atoms with Crippen LogP contribution in [-0.4, -0.2) is 33.2 Å². The number of nitrogens with zero attached hydrogens (tertiary/aromatic N) is 5. The van der Waals surface area contributed by atoms with Crippen LogP contribution in [-0.2, 0) is 17.4 Å².